The second-order valence-corrected chi connectivity index (χ2v) is 12.0. The quantitative estimate of drug-likeness (QED) is 0.324. The fraction of sp³-hybridized carbons (Fsp3) is 0.231. The molecule has 1 amide bonds. The molecule has 38 heavy (non-hydrogen) atoms. The number of nitrogens with zero attached hydrogens (tertiary/aromatic N) is 3. The van der Waals surface area contributed by atoms with E-state index in [2.05, 4.69) is 24.8 Å². The van der Waals surface area contributed by atoms with Crippen LogP contribution in [0.4, 0.5) is 15.2 Å². The molecule has 12 heteroatoms. The first kappa shape index (κ1) is 26.4. The lowest BCUT2D eigenvalue weighted by Gasteiger charge is -2.34. The smallest absolute Gasteiger partial charge is 0.261 e. The summed E-state index contributed by atoms with van der Waals surface area (Å²) in [6.07, 6.45) is 0. The number of sulfonamides is 1. The van der Waals surface area contributed by atoms with E-state index in [9.17, 15) is 17.6 Å². The van der Waals surface area contributed by atoms with Crippen LogP contribution >= 0.6 is 22.9 Å². The van der Waals surface area contributed by atoms with E-state index in [0.29, 0.717) is 29.4 Å². The lowest BCUT2D eigenvalue weighted by atomic mass is 10.2. The average molecular weight is 574 g/mol. The van der Waals surface area contributed by atoms with Gasteiger partial charge in [-0.05, 0) is 60.7 Å². The maximum atomic E-state index is 13.5. The Morgan fingerprint density at radius 2 is 1.79 bits per heavy atom. The first-order valence-electron chi connectivity index (χ1n) is 12.0. The number of hydrogen-bond donors (Lipinski definition) is 2. The summed E-state index contributed by atoms with van der Waals surface area (Å²) in [5, 5.41) is 4.24. The molecular weight excluding hydrogens is 549 g/mol. The summed E-state index contributed by atoms with van der Waals surface area (Å²) < 4.78 is 42.1. The molecule has 4 aromatic rings. The SMILES string of the molecule is O=C(NCCN1CCN(c2nc3ccc(F)cc3s2)CC1)c1cccc(NS(=O)(=O)c2ccc(Cl)cc2)c1. The van der Waals surface area contributed by atoms with Gasteiger partial charge >= 0.3 is 0 Å². The lowest BCUT2D eigenvalue weighted by Crippen LogP contribution is -2.48. The van der Waals surface area contributed by atoms with Crippen molar-refractivity contribution in [1.82, 2.24) is 15.2 Å². The number of benzene rings is 3. The number of halogens is 2. The number of fused-ring (bicyclic) bond motifs is 1. The predicted octanol–water partition coefficient (Wildman–Crippen LogP) is 4.44. The summed E-state index contributed by atoms with van der Waals surface area (Å²) >= 11 is 7.33. The molecule has 3 aromatic carbocycles. The van der Waals surface area contributed by atoms with Crippen molar-refractivity contribution in [3.63, 3.8) is 0 Å². The average Bonchev–Trinajstić information content (AvgIpc) is 3.32. The Balaban J connectivity index is 1.10. The van der Waals surface area contributed by atoms with Gasteiger partial charge in [-0.1, -0.05) is 29.0 Å². The maximum absolute atomic E-state index is 13.5. The molecule has 2 N–H and O–H groups in total. The van der Waals surface area contributed by atoms with Gasteiger partial charge in [0, 0.05) is 55.5 Å². The summed E-state index contributed by atoms with van der Waals surface area (Å²) in [5.74, 6) is -0.539. The second kappa shape index (κ2) is 11.2. The third-order valence-corrected chi connectivity index (χ3v) is 8.92. The Morgan fingerprint density at radius 3 is 2.55 bits per heavy atom. The van der Waals surface area contributed by atoms with Crippen molar-refractivity contribution in [2.75, 3.05) is 48.9 Å². The van der Waals surface area contributed by atoms with Gasteiger partial charge < -0.3 is 10.2 Å². The Bertz CT molecular complexity index is 1550. The van der Waals surface area contributed by atoms with E-state index in [-0.39, 0.29) is 16.6 Å². The van der Waals surface area contributed by atoms with E-state index >= 15 is 0 Å². The number of anilines is 2. The van der Waals surface area contributed by atoms with Crippen LogP contribution in [-0.2, 0) is 10.0 Å². The van der Waals surface area contributed by atoms with E-state index < -0.39 is 10.0 Å². The Morgan fingerprint density at radius 1 is 1.03 bits per heavy atom. The van der Waals surface area contributed by atoms with Crippen LogP contribution in [0.1, 0.15) is 10.4 Å². The summed E-state index contributed by atoms with van der Waals surface area (Å²) in [7, 11) is -3.81. The van der Waals surface area contributed by atoms with Crippen molar-refractivity contribution in [1.29, 1.82) is 0 Å². The molecule has 0 unspecified atom stereocenters. The van der Waals surface area contributed by atoms with Gasteiger partial charge in [0.1, 0.15) is 5.82 Å². The van der Waals surface area contributed by atoms with Crippen molar-refractivity contribution in [3.8, 4) is 0 Å². The topological polar surface area (TPSA) is 94.6 Å². The molecule has 1 aliphatic rings. The van der Waals surface area contributed by atoms with Gasteiger partial charge in [-0.25, -0.2) is 17.8 Å². The largest absolute Gasteiger partial charge is 0.351 e. The van der Waals surface area contributed by atoms with Crippen molar-refractivity contribution >= 4 is 59.9 Å². The number of thiazole rings is 1. The van der Waals surface area contributed by atoms with Gasteiger partial charge in [-0.2, -0.15) is 0 Å². The third-order valence-electron chi connectivity index (χ3n) is 6.20. The molecule has 0 spiro atoms. The van der Waals surface area contributed by atoms with Crippen molar-refractivity contribution < 1.29 is 17.6 Å². The minimum absolute atomic E-state index is 0.0777. The third kappa shape index (κ3) is 6.24. The number of rotatable bonds is 8. The minimum Gasteiger partial charge on any atom is -0.351 e. The first-order valence-corrected chi connectivity index (χ1v) is 14.6. The summed E-state index contributed by atoms with van der Waals surface area (Å²) in [4.78, 5) is 21.9. The predicted molar refractivity (Wildman–Crippen MR) is 149 cm³/mol. The zero-order valence-electron chi connectivity index (χ0n) is 20.2. The van der Waals surface area contributed by atoms with Crippen LogP contribution in [0.15, 0.2) is 71.6 Å². The maximum Gasteiger partial charge on any atom is 0.261 e. The van der Waals surface area contributed by atoms with Gasteiger partial charge in [-0.15, -0.1) is 0 Å². The molecule has 1 aromatic heterocycles. The van der Waals surface area contributed by atoms with E-state index in [4.69, 9.17) is 11.6 Å². The van der Waals surface area contributed by atoms with Gasteiger partial charge in [0.05, 0.1) is 15.1 Å². The number of piperazine rings is 1. The number of nitrogens with one attached hydrogen (secondary N) is 2. The van der Waals surface area contributed by atoms with Crippen molar-refractivity contribution in [2.24, 2.45) is 0 Å². The molecule has 0 atom stereocenters. The number of hydrogen-bond acceptors (Lipinski definition) is 7. The zero-order valence-corrected chi connectivity index (χ0v) is 22.6. The molecule has 0 aliphatic carbocycles. The van der Waals surface area contributed by atoms with Crippen LogP contribution in [-0.4, -0.2) is 63.5 Å². The molecule has 0 saturated carbocycles. The number of carbonyl (C=O) groups excluding carboxylic acids is 1. The van der Waals surface area contributed by atoms with Gasteiger partial charge in [0.2, 0.25) is 0 Å². The Labute approximate surface area is 229 Å². The first-order chi connectivity index (χ1) is 18.3. The molecular formula is C26H25ClFN5O3S2. The van der Waals surface area contributed by atoms with Crippen molar-refractivity contribution in [3.05, 3.63) is 83.1 Å². The lowest BCUT2D eigenvalue weighted by molar-refractivity contribution is 0.0948. The van der Waals surface area contributed by atoms with Crippen LogP contribution in [0.3, 0.4) is 0 Å². The summed E-state index contributed by atoms with van der Waals surface area (Å²) in [6.45, 7) is 4.38. The van der Waals surface area contributed by atoms with Gasteiger partial charge in [0.25, 0.3) is 15.9 Å². The molecule has 8 nitrogen and oxygen atoms in total. The molecule has 2 heterocycles. The van der Waals surface area contributed by atoms with Gasteiger partial charge in [0.15, 0.2) is 5.13 Å². The van der Waals surface area contributed by atoms with Crippen LogP contribution in [0.2, 0.25) is 5.02 Å². The summed E-state index contributed by atoms with van der Waals surface area (Å²) in [6, 6.07) is 16.8. The minimum atomic E-state index is -3.81. The molecule has 5 rings (SSSR count). The van der Waals surface area contributed by atoms with Gasteiger partial charge in [-0.3, -0.25) is 14.4 Å². The van der Waals surface area contributed by atoms with Crippen LogP contribution in [0.5, 0.6) is 0 Å². The van der Waals surface area contributed by atoms with E-state index in [1.807, 2.05) is 0 Å². The highest BCUT2D eigenvalue weighted by Crippen LogP contribution is 2.30. The van der Waals surface area contributed by atoms with E-state index in [1.165, 1.54) is 53.8 Å². The zero-order chi connectivity index (χ0) is 26.7. The normalized spacial score (nSPS) is 14.5. The molecule has 198 valence electrons. The standard InChI is InChI=1S/C26H25ClFN5O3S2/c27-19-4-7-22(8-5-19)38(35,36)31-21-3-1-2-18(16-21)25(34)29-10-11-32-12-14-33(15-13-32)26-30-23-9-6-20(28)17-24(23)37-26/h1-9,16-17,31H,10-15H2,(H,29,34). The van der Waals surface area contributed by atoms with Crippen LogP contribution in [0.25, 0.3) is 10.2 Å². The molecule has 1 fully saturated rings. The van der Waals surface area contributed by atoms with E-state index in [0.717, 1.165) is 41.5 Å². The fourth-order valence-corrected chi connectivity index (χ4v) is 6.38. The highest BCUT2D eigenvalue weighted by Gasteiger charge is 2.20. The fourth-order valence-electron chi connectivity index (χ4n) is 4.17. The molecule has 1 aliphatic heterocycles. The Kier molecular flexibility index (Phi) is 7.80. The number of carbonyl (C=O) groups is 1. The summed E-state index contributed by atoms with van der Waals surface area (Å²) in [5.41, 5.74) is 1.46. The molecule has 1 saturated heterocycles. The highest BCUT2D eigenvalue weighted by molar-refractivity contribution is 7.92. The van der Waals surface area contributed by atoms with Crippen LogP contribution < -0.4 is 14.9 Å². The molecule has 0 bridgehead atoms. The van der Waals surface area contributed by atoms with Crippen LogP contribution in [0, 0.1) is 5.82 Å². The van der Waals surface area contributed by atoms with Crippen molar-refractivity contribution in [2.45, 2.75) is 4.90 Å². The Hall–Kier alpha value is -3.25. The monoisotopic (exact) mass is 573 g/mol. The van der Waals surface area contributed by atoms with E-state index in [1.54, 1.807) is 24.3 Å². The highest BCUT2D eigenvalue weighted by atomic mass is 35.5. The molecule has 0 radical (unpaired) electrons. The number of aromatic nitrogens is 1. The number of amides is 1. The second-order valence-electron chi connectivity index (χ2n) is 8.83.